The second kappa shape index (κ2) is 74.2. The summed E-state index contributed by atoms with van der Waals surface area (Å²) in [6, 6.07) is -9.18. The molecule has 43 heteroatoms. The third-order valence-corrected chi connectivity index (χ3v) is 25.7. The number of amides is 12. The lowest BCUT2D eigenvalue weighted by Crippen LogP contribution is -2.59. The molecule has 0 aromatic rings. The number of ketones is 6. The zero-order valence-corrected chi connectivity index (χ0v) is 89.6. The Bertz CT molecular complexity index is 4080. The Kier molecular flexibility index (Phi) is 68.7. The monoisotopic (exact) mass is 2040 g/mol. The van der Waals surface area contributed by atoms with Gasteiger partial charge in [-0.3, -0.25) is 107 Å². The zero-order valence-electron chi connectivity index (χ0n) is 89.6. The number of aliphatic hydroxyl groups excluding tert-OH is 1. The van der Waals surface area contributed by atoms with Crippen LogP contribution in [0.5, 0.6) is 0 Å². The molecular weight excluding hydrogens is 1850 g/mol. The summed E-state index contributed by atoms with van der Waals surface area (Å²) >= 11 is 0. The van der Waals surface area contributed by atoms with E-state index >= 15 is 0 Å². The Balaban J connectivity index is 0.00000304. The molecule has 1 fully saturated rings. The SMILES string of the molecule is CC(=O)N[C@@H](CC(C)C)C(=O)C[C@@H](CCCN=C(N)N)C(=O)N[C@@H](CC(C)C)C(=O)C[C@@H](CCCN=C(N)N)C(=O)N[C@H](C(=O)C[C@@H](CO)C(=O)NCC(N)=O)C(C)C.CCCCCCCCCCCCCCCC(=O)N[C@H](C(=O)N[C@H](C(=O)N[C@@H](CCCN=C(N)N)C(=O)N1CCC[C@H]1C(=O)C[C@H](C(=O)N[C@@H](C)C(=O)C[C@@H](CC(N)=O)C(=O)N[C@@H](C)C(=O)C[C@H](C)CCCNC(N)N)C(C)C)C(C)C)[C@@H](C)CC. The third-order valence-electron chi connectivity index (χ3n) is 25.7. The number of nitrogens with one attached hydrogen (secondary N) is 10. The van der Waals surface area contributed by atoms with Crippen molar-refractivity contribution in [3.05, 3.63) is 0 Å². The number of aliphatic hydroxyl groups is 1. The molecule has 1 heterocycles. The van der Waals surface area contributed by atoms with Gasteiger partial charge in [0.1, 0.15) is 24.4 Å². The van der Waals surface area contributed by atoms with Crippen LogP contribution in [0.3, 0.4) is 0 Å². The van der Waals surface area contributed by atoms with E-state index in [1.807, 2.05) is 48.5 Å². The number of guanidine groups is 3. The maximum Gasteiger partial charge on any atom is 0.245 e. The van der Waals surface area contributed by atoms with Crippen LogP contribution >= 0.6 is 0 Å². The van der Waals surface area contributed by atoms with Crippen molar-refractivity contribution in [1.82, 2.24) is 58.1 Å². The van der Waals surface area contributed by atoms with E-state index in [0.29, 0.717) is 51.5 Å². The van der Waals surface area contributed by atoms with E-state index < -0.39 is 223 Å². The van der Waals surface area contributed by atoms with Gasteiger partial charge in [-0.2, -0.15) is 0 Å². The van der Waals surface area contributed by atoms with Crippen LogP contribution in [-0.4, -0.2) is 240 Å². The van der Waals surface area contributed by atoms with Crippen LogP contribution in [0.2, 0.25) is 0 Å². The summed E-state index contributed by atoms with van der Waals surface area (Å²) in [5.41, 5.74) is 54.6. The molecule has 31 N–H and O–H groups in total. The molecule has 0 aromatic heterocycles. The van der Waals surface area contributed by atoms with Gasteiger partial charge in [0, 0.05) is 102 Å². The maximum atomic E-state index is 14.6. The van der Waals surface area contributed by atoms with Gasteiger partial charge in [0.15, 0.2) is 52.6 Å². The van der Waals surface area contributed by atoms with Crippen molar-refractivity contribution in [3.8, 4) is 0 Å². The Labute approximate surface area is 854 Å². The highest BCUT2D eigenvalue weighted by Crippen LogP contribution is 2.29. The maximum absolute atomic E-state index is 14.6. The van der Waals surface area contributed by atoms with Crippen molar-refractivity contribution in [2.45, 2.75) is 397 Å². The van der Waals surface area contributed by atoms with Crippen LogP contribution in [0.25, 0.3) is 0 Å². The van der Waals surface area contributed by atoms with Crippen molar-refractivity contribution < 1.29 is 91.4 Å². The highest BCUT2D eigenvalue weighted by molar-refractivity contribution is 6.01. The second-order valence-corrected chi connectivity index (χ2v) is 40.9. The minimum atomic E-state index is -1.23. The van der Waals surface area contributed by atoms with Crippen LogP contribution in [0.1, 0.15) is 336 Å². The Morgan fingerprint density at radius 2 is 0.833 bits per heavy atom. The van der Waals surface area contributed by atoms with Gasteiger partial charge in [-0.25, -0.2) is 0 Å². The number of primary amides is 2. The Morgan fingerprint density at radius 3 is 1.28 bits per heavy atom. The fourth-order valence-corrected chi connectivity index (χ4v) is 17.0. The van der Waals surface area contributed by atoms with Crippen molar-refractivity contribution in [2.75, 3.05) is 45.9 Å². The molecule has 1 aliphatic heterocycles. The lowest BCUT2D eigenvalue weighted by molar-refractivity contribution is -0.142. The highest BCUT2D eigenvalue weighted by Gasteiger charge is 2.43. The van der Waals surface area contributed by atoms with Gasteiger partial charge in [-0.1, -0.05) is 180 Å². The molecule has 0 aliphatic carbocycles. The van der Waals surface area contributed by atoms with Crippen LogP contribution in [-0.2, 0) is 86.3 Å². The smallest absolute Gasteiger partial charge is 0.245 e. The van der Waals surface area contributed by atoms with E-state index in [4.69, 9.17) is 57.3 Å². The van der Waals surface area contributed by atoms with Gasteiger partial charge in [-0.05, 0) is 145 Å². The largest absolute Gasteiger partial charge is 0.396 e. The topological polar surface area (TPSA) is 748 Å². The van der Waals surface area contributed by atoms with E-state index in [-0.39, 0.29) is 162 Å². The molecule has 0 unspecified atom stereocenters. The number of likely N-dealkylation sites (tertiary alicyclic amines) is 1. The molecule has 16 atom stereocenters. The van der Waals surface area contributed by atoms with Crippen molar-refractivity contribution in [3.63, 3.8) is 0 Å². The van der Waals surface area contributed by atoms with Crippen molar-refractivity contribution in [1.29, 1.82) is 0 Å². The molecule has 824 valence electrons. The van der Waals surface area contributed by atoms with Gasteiger partial charge in [0.2, 0.25) is 70.9 Å². The molecule has 0 radical (unpaired) electrons. The number of hydrogen-bond acceptors (Lipinski definition) is 25. The number of hydrogen-bond donors (Lipinski definition) is 21. The number of aliphatic imine (C=N–C) groups is 3. The van der Waals surface area contributed by atoms with E-state index in [2.05, 4.69) is 75.1 Å². The summed E-state index contributed by atoms with van der Waals surface area (Å²) in [6.45, 7) is 30.1. The number of unbranched alkanes of at least 4 members (excludes halogenated alkanes) is 12. The van der Waals surface area contributed by atoms with Crippen molar-refractivity contribution in [2.24, 2.45) is 143 Å². The molecular formula is C101H186N24O19. The number of Topliss-reactive ketones (excluding diaryl/α,β-unsaturated/α-hetero) is 6. The summed E-state index contributed by atoms with van der Waals surface area (Å²) in [5, 5.41) is 37.2. The molecule has 0 spiro atoms. The van der Waals surface area contributed by atoms with Crippen LogP contribution in [0.4, 0.5) is 0 Å². The lowest BCUT2D eigenvalue weighted by atomic mass is 9.87. The fraction of sp³-hybridized carbons (Fsp3) is 0.792. The van der Waals surface area contributed by atoms with E-state index in [1.54, 1.807) is 41.5 Å². The first-order chi connectivity index (χ1) is 67.6. The molecule has 0 bridgehead atoms. The minimum Gasteiger partial charge on any atom is -0.396 e. The summed E-state index contributed by atoms with van der Waals surface area (Å²) in [6.07, 6.45) is 17.5. The third kappa shape index (κ3) is 58.5. The molecule has 12 amide bonds. The van der Waals surface area contributed by atoms with Gasteiger partial charge in [-0.15, -0.1) is 0 Å². The zero-order chi connectivity index (χ0) is 110. The number of carbonyl (C=O) groups is 18. The average molecular weight is 2040 g/mol. The normalized spacial score (nSPS) is 15.6. The fourth-order valence-electron chi connectivity index (χ4n) is 17.0. The summed E-state index contributed by atoms with van der Waals surface area (Å²) in [5.74, 6) is -17.2. The number of nitrogens with zero attached hydrogens (tertiary/aromatic N) is 4. The van der Waals surface area contributed by atoms with Gasteiger partial charge in [0.25, 0.3) is 0 Å². The first-order valence-corrected chi connectivity index (χ1v) is 52.3. The van der Waals surface area contributed by atoms with Gasteiger partial charge >= 0.3 is 0 Å². The molecule has 43 nitrogen and oxygen atoms in total. The lowest BCUT2D eigenvalue weighted by Gasteiger charge is -2.32. The second-order valence-electron chi connectivity index (χ2n) is 40.9. The summed E-state index contributed by atoms with van der Waals surface area (Å²) in [7, 11) is 0. The average Bonchev–Trinajstić information content (AvgIpc) is 1.65. The van der Waals surface area contributed by atoms with E-state index in [0.717, 1.165) is 25.7 Å². The number of nitrogens with two attached hydrogens (primary N) is 10. The number of rotatable bonds is 79. The van der Waals surface area contributed by atoms with Crippen LogP contribution < -0.4 is 111 Å². The quantitative estimate of drug-likeness (QED) is 0.0180. The van der Waals surface area contributed by atoms with Crippen LogP contribution in [0, 0.1) is 71.0 Å². The standard InChI is InChI=1S/C62H115N13O10.C39H71N11O9/c1-11-13-14-15-16-17-18-19-20-21-22-23-24-31-53(80)73-55(42(8)12-2)59(84)74-54(40(5)6)58(83)72-47(29-26-33-69-62(66)67)60(85)75-34-27-30-48(75)51(78)38-46(39(3)4)57(82)71-44(10)50(77)36-45(37-52(63)79)56(81)70-43(9)49(76)35-41(7)28-25-32-68-61(64)65;1-21(2)14-28(48-24(7)52)30(53)16-25(10-8-12-45-38(41)42)36(58)49-29(15-22(3)4)31(54)17-26(11-9-13-46-39(43)44)37(59)50-34(23(5)6)32(55)18-27(20-51)35(57)47-19-33(40)56/h39-48,54-55,61,68H,11-38,64-65H2,1-10H3,(H2,63,79)(H,70,81)(H,71,82)(H,72,83)(H,73,80)(H,74,84)(H4,66,67,69);21-23,25-29,34,51H,8-20H2,1-7H3,(H2,40,56)(H,47,57)(H,48,52)(H,49,58)(H,50,59)(H4,41,42,45)(H4,43,44,46)/t41-,42+,43+,44+,45+,46+,47+,48+,54+,55+;25-,26-,27+,28+,29+,34+/m11/s1. The van der Waals surface area contributed by atoms with E-state index in [9.17, 15) is 91.4 Å². The van der Waals surface area contributed by atoms with Crippen LogP contribution in [0.15, 0.2) is 15.0 Å². The molecule has 144 heavy (non-hydrogen) atoms. The summed E-state index contributed by atoms with van der Waals surface area (Å²) in [4.78, 5) is 255. The highest BCUT2D eigenvalue weighted by atomic mass is 16.3. The first kappa shape index (κ1) is 133. The first-order valence-electron chi connectivity index (χ1n) is 52.3. The number of carbonyl (C=O) groups excluding carboxylic acids is 18. The Hall–Kier alpha value is -10.7. The summed E-state index contributed by atoms with van der Waals surface area (Å²) < 4.78 is 0. The Morgan fingerprint density at radius 1 is 0.396 bits per heavy atom. The molecule has 1 rings (SSSR count). The molecule has 1 saturated heterocycles. The predicted molar refractivity (Wildman–Crippen MR) is 557 cm³/mol. The minimum absolute atomic E-state index is 0.00280. The molecule has 0 aromatic carbocycles. The molecule has 1 aliphatic rings. The molecule has 0 saturated carbocycles. The van der Waals surface area contributed by atoms with Crippen molar-refractivity contribution >= 4 is 123 Å². The van der Waals surface area contributed by atoms with Gasteiger partial charge < -0.3 is 115 Å². The predicted octanol–water partition coefficient (Wildman–Crippen LogP) is 3.16. The van der Waals surface area contributed by atoms with E-state index in [1.165, 1.54) is 83.5 Å². The van der Waals surface area contributed by atoms with Gasteiger partial charge in [0.05, 0.1) is 61.2 Å².